The van der Waals surface area contributed by atoms with Crippen LogP contribution in [0.3, 0.4) is 0 Å². The number of H-pyrrole nitrogens is 1. The fourth-order valence-electron chi connectivity index (χ4n) is 2.06. The first-order valence-corrected chi connectivity index (χ1v) is 5.97. The van der Waals surface area contributed by atoms with Crippen molar-refractivity contribution in [3.05, 3.63) is 42.1 Å². The minimum Gasteiger partial charge on any atom is -0.481 e. The molecule has 0 spiro atoms. The van der Waals surface area contributed by atoms with Gasteiger partial charge in [-0.2, -0.15) is 5.10 Å². The van der Waals surface area contributed by atoms with Crippen LogP contribution < -0.4 is 10.5 Å². The predicted molar refractivity (Wildman–Crippen MR) is 74.4 cm³/mol. The van der Waals surface area contributed by atoms with Crippen molar-refractivity contribution >= 4 is 16.8 Å². The number of rotatable bonds is 3. The molecule has 1 amide bonds. The molecule has 3 aromatic rings. The molecule has 100 valence electrons. The molecule has 3 rings (SSSR count). The number of aromatic nitrogens is 3. The molecule has 3 N–H and O–H groups in total. The van der Waals surface area contributed by atoms with Crippen LogP contribution in [0.25, 0.3) is 22.2 Å². The average molecular weight is 268 g/mol. The Labute approximate surface area is 114 Å². The first kappa shape index (κ1) is 12.2. The molecule has 6 nitrogen and oxygen atoms in total. The number of aromatic amines is 1. The van der Waals surface area contributed by atoms with E-state index in [1.807, 2.05) is 6.07 Å². The summed E-state index contributed by atoms with van der Waals surface area (Å²) in [5.74, 6) is 0.0380. The number of nitrogens with one attached hydrogen (secondary N) is 1. The number of fused-ring (bicyclic) bond motifs is 1. The highest BCUT2D eigenvalue weighted by Crippen LogP contribution is 2.28. The van der Waals surface area contributed by atoms with Gasteiger partial charge in [-0.05, 0) is 24.3 Å². The van der Waals surface area contributed by atoms with Crippen molar-refractivity contribution < 1.29 is 9.53 Å². The van der Waals surface area contributed by atoms with Gasteiger partial charge in [0.05, 0.1) is 12.6 Å². The lowest BCUT2D eigenvalue weighted by atomic mass is 10.1. The number of primary amides is 1. The normalized spacial score (nSPS) is 10.7. The minimum atomic E-state index is -0.466. The molecule has 0 aliphatic rings. The Morgan fingerprint density at radius 1 is 1.30 bits per heavy atom. The third-order valence-electron chi connectivity index (χ3n) is 3.06. The van der Waals surface area contributed by atoms with Gasteiger partial charge < -0.3 is 10.5 Å². The lowest BCUT2D eigenvalue weighted by molar-refractivity contribution is 0.100. The quantitative estimate of drug-likeness (QED) is 0.756. The van der Waals surface area contributed by atoms with E-state index >= 15 is 0 Å². The van der Waals surface area contributed by atoms with Crippen molar-refractivity contribution in [1.29, 1.82) is 0 Å². The Morgan fingerprint density at radius 3 is 2.90 bits per heavy atom. The number of carbonyl (C=O) groups excluding carboxylic acids is 1. The Bertz CT molecular complexity index is 795. The molecule has 2 heterocycles. The van der Waals surface area contributed by atoms with Gasteiger partial charge in [-0.15, -0.1) is 0 Å². The summed E-state index contributed by atoms with van der Waals surface area (Å²) in [5, 5.41) is 8.04. The maximum absolute atomic E-state index is 11.3. The van der Waals surface area contributed by atoms with Crippen LogP contribution in [0.15, 0.2) is 36.5 Å². The fraction of sp³-hybridized carbons (Fsp3) is 0.0714. The van der Waals surface area contributed by atoms with E-state index in [0.717, 1.165) is 22.2 Å². The highest BCUT2D eigenvalue weighted by atomic mass is 16.5. The van der Waals surface area contributed by atoms with Gasteiger partial charge in [0.15, 0.2) is 0 Å². The molecule has 1 aromatic carbocycles. The average Bonchev–Trinajstić information content (AvgIpc) is 2.90. The van der Waals surface area contributed by atoms with Gasteiger partial charge in [0.25, 0.3) is 0 Å². The highest BCUT2D eigenvalue weighted by molar-refractivity contribution is 6.00. The van der Waals surface area contributed by atoms with E-state index in [1.165, 1.54) is 0 Å². The third kappa shape index (κ3) is 1.97. The Kier molecular flexibility index (Phi) is 2.83. The van der Waals surface area contributed by atoms with Gasteiger partial charge in [-0.1, -0.05) is 0 Å². The molecule has 0 saturated heterocycles. The number of nitrogens with zero attached hydrogens (tertiary/aromatic N) is 2. The van der Waals surface area contributed by atoms with Gasteiger partial charge in [-0.25, -0.2) is 4.98 Å². The van der Waals surface area contributed by atoms with Crippen LogP contribution in [0.1, 0.15) is 10.4 Å². The van der Waals surface area contributed by atoms with Crippen LogP contribution in [0.4, 0.5) is 0 Å². The molecule has 0 unspecified atom stereocenters. The second-order valence-electron chi connectivity index (χ2n) is 4.28. The molecule has 0 fully saturated rings. The lowest BCUT2D eigenvalue weighted by Gasteiger charge is -2.02. The Morgan fingerprint density at radius 2 is 2.15 bits per heavy atom. The molecular formula is C14H12N4O2. The molecule has 6 heteroatoms. The minimum absolute atomic E-state index is 0.446. The largest absolute Gasteiger partial charge is 0.481 e. The van der Waals surface area contributed by atoms with E-state index in [1.54, 1.807) is 37.6 Å². The molecule has 0 atom stereocenters. The summed E-state index contributed by atoms with van der Waals surface area (Å²) < 4.78 is 5.10. The molecule has 20 heavy (non-hydrogen) atoms. The number of hydrogen-bond donors (Lipinski definition) is 2. The second kappa shape index (κ2) is 4.65. The maximum Gasteiger partial charge on any atom is 0.248 e. The van der Waals surface area contributed by atoms with Crippen LogP contribution in [-0.4, -0.2) is 28.2 Å². The highest BCUT2D eigenvalue weighted by Gasteiger charge is 2.11. The van der Waals surface area contributed by atoms with E-state index in [4.69, 9.17) is 10.5 Å². The molecule has 2 aromatic heterocycles. The molecular weight excluding hydrogens is 256 g/mol. The van der Waals surface area contributed by atoms with Crippen LogP contribution >= 0.6 is 0 Å². The van der Waals surface area contributed by atoms with Crippen molar-refractivity contribution in [3.8, 4) is 17.1 Å². The van der Waals surface area contributed by atoms with E-state index < -0.39 is 5.91 Å². The Hall–Kier alpha value is -2.89. The zero-order valence-electron chi connectivity index (χ0n) is 10.8. The number of hydrogen-bond acceptors (Lipinski definition) is 4. The van der Waals surface area contributed by atoms with Gasteiger partial charge in [0, 0.05) is 28.8 Å². The number of carbonyl (C=O) groups is 1. The maximum atomic E-state index is 11.3. The zero-order valence-corrected chi connectivity index (χ0v) is 10.8. The van der Waals surface area contributed by atoms with Crippen molar-refractivity contribution in [3.63, 3.8) is 0 Å². The first-order valence-electron chi connectivity index (χ1n) is 5.97. The lowest BCUT2D eigenvalue weighted by Crippen LogP contribution is -2.10. The summed E-state index contributed by atoms with van der Waals surface area (Å²) in [7, 11) is 1.56. The van der Waals surface area contributed by atoms with Crippen LogP contribution in [0.2, 0.25) is 0 Å². The summed E-state index contributed by atoms with van der Waals surface area (Å²) in [4.78, 5) is 15.3. The third-order valence-corrected chi connectivity index (χ3v) is 3.06. The predicted octanol–water partition coefficient (Wildman–Crippen LogP) is 1.73. The molecule has 0 aliphatic heterocycles. The smallest absolute Gasteiger partial charge is 0.248 e. The molecule has 0 bridgehead atoms. The molecule has 0 radical (unpaired) electrons. The number of methoxy groups -OCH3 is 1. The topological polar surface area (TPSA) is 93.9 Å². The van der Waals surface area contributed by atoms with E-state index in [0.29, 0.717) is 11.4 Å². The zero-order chi connectivity index (χ0) is 14.1. The second-order valence-corrected chi connectivity index (χ2v) is 4.28. The van der Waals surface area contributed by atoms with Crippen molar-refractivity contribution in [2.45, 2.75) is 0 Å². The van der Waals surface area contributed by atoms with Gasteiger partial charge in [-0.3, -0.25) is 9.89 Å². The molecule has 0 aliphatic carbocycles. The van der Waals surface area contributed by atoms with E-state index in [2.05, 4.69) is 15.2 Å². The van der Waals surface area contributed by atoms with Crippen molar-refractivity contribution in [2.75, 3.05) is 7.11 Å². The summed E-state index contributed by atoms with van der Waals surface area (Å²) in [6.45, 7) is 0. The number of amides is 1. The van der Waals surface area contributed by atoms with E-state index in [-0.39, 0.29) is 0 Å². The monoisotopic (exact) mass is 268 g/mol. The number of nitrogens with two attached hydrogens (primary N) is 1. The number of ether oxygens (including phenoxy) is 1. The van der Waals surface area contributed by atoms with Crippen molar-refractivity contribution in [1.82, 2.24) is 15.2 Å². The van der Waals surface area contributed by atoms with Gasteiger partial charge in [0.2, 0.25) is 11.8 Å². The number of pyridine rings is 1. The summed E-state index contributed by atoms with van der Waals surface area (Å²) in [6.07, 6.45) is 1.65. The Balaban J connectivity index is 2.20. The van der Waals surface area contributed by atoms with Crippen LogP contribution in [0, 0.1) is 0 Å². The van der Waals surface area contributed by atoms with Gasteiger partial charge in [0.1, 0.15) is 5.69 Å². The number of benzene rings is 1. The van der Waals surface area contributed by atoms with Crippen LogP contribution in [0.5, 0.6) is 5.88 Å². The summed E-state index contributed by atoms with van der Waals surface area (Å²) in [5.41, 5.74) is 8.17. The SMILES string of the molecule is COc1cc(-c2n[nH]c3ccc(C(N)=O)cc23)ccn1. The van der Waals surface area contributed by atoms with Crippen molar-refractivity contribution in [2.24, 2.45) is 5.73 Å². The summed E-state index contributed by atoms with van der Waals surface area (Å²) in [6, 6.07) is 8.79. The first-order chi connectivity index (χ1) is 9.69. The molecule has 0 saturated carbocycles. The fourth-order valence-corrected chi connectivity index (χ4v) is 2.06. The summed E-state index contributed by atoms with van der Waals surface area (Å²) >= 11 is 0. The van der Waals surface area contributed by atoms with Crippen LogP contribution in [-0.2, 0) is 0 Å². The van der Waals surface area contributed by atoms with E-state index in [9.17, 15) is 4.79 Å². The van der Waals surface area contributed by atoms with Gasteiger partial charge >= 0.3 is 0 Å². The standard InChI is InChI=1S/C14H12N4O2/c1-20-12-7-8(4-5-16-12)13-10-6-9(14(15)19)2-3-11(10)17-18-13/h2-7H,1H3,(H2,15,19)(H,17,18).